The van der Waals surface area contributed by atoms with E-state index in [1.807, 2.05) is 6.08 Å². The molecule has 0 saturated heterocycles. The zero-order valence-corrected chi connectivity index (χ0v) is 27.4. The van der Waals surface area contributed by atoms with Crippen LogP contribution >= 0.6 is 0 Å². The summed E-state index contributed by atoms with van der Waals surface area (Å²) in [6, 6.07) is 0. The van der Waals surface area contributed by atoms with E-state index >= 15 is 0 Å². The van der Waals surface area contributed by atoms with E-state index in [-0.39, 0.29) is 18.1 Å². The van der Waals surface area contributed by atoms with Crippen molar-refractivity contribution in [3.05, 3.63) is 23.8 Å². The van der Waals surface area contributed by atoms with E-state index in [9.17, 15) is 9.59 Å². The maximum absolute atomic E-state index is 11.6. The Labute approximate surface area is 263 Å². The minimum Gasteiger partial charge on any atom is -0.463 e. The van der Waals surface area contributed by atoms with E-state index in [0.717, 1.165) is 49.9 Å². The second-order valence-electron chi connectivity index (χ2n) is 15.0. The summed E-state index contributed by atoms with van der Waals surface area (Å²) in [5.74, 6) is 1.92. The number of carbonyl (C=O) groups is 2. The van der Waals surface area contributed by atoms with Crippen molar-refractivity contribution in [1.29, 1.82) is 0 Å². The van der Waals surface area contributed by atoms with E-state index < -0.39 is 30.4 Å². The Bertz CT molecular complexity index is 1170. The van der Waals surface area contributed by atoms with Crippen LogP contribution in [0.4, 0.5) is 0 Å². The number of allylic oxidation sites excluding steroid dienone is 1. The van der Waals surface area contributed by atoms with Gasteiger partial charge in [0, 0.05) is 19.8 Å². The molecule has 1 unspecified atom stereocenters. The molecule has 4 saturated carbocycles. The van der Waals surface area contributed by atoms with Crippen LogP contribution in [0.1, 0.15) is 112 Å². The molecule has 0 amide bonds. The first-order valence-electron chi connectivity index (χ1n) is 17.3. The average molecular weight is 612 g/mol. The topological polar surface area (TPSA) is 92.7 Å². The van der Waals surface area contributed by atoms with E-state index in [1.165, 1.54) is 64.5 Å². The lowest BCUT2D eigenvalue weighted by Crippen LogP contribution is -2.51. The number of fused-ring (bicyclic) bond motifs is 5. The van der Waals surface area contributed by atoms with Gasteiger partial charge in [-0.15, -0.1) is 0 Å². The van der Waals surface area contributed by atoms with Crippen LogP contribution in [0.5, 0.6) is 0 Å². The molecule has 44 heavy (non-hydrogen) atoms. The smallest absolute Gasteiger partial charge is 0.303 e. The van der Waals surface area contributed by atoms with Gasteiger partial charge in [0.25, 0.3) is 0 Å². The van der Waals surface area contributed by atoms with Crippen LogP contribution in [0, 0.1) is 34.5 Å². The molecular formula is C36H53NO7. The molecule has 10 atom stereocenters. The molecule has 0 N–H and O–H groups in total. The number of hydrogen-bond donors (Lipinski definition) is 0. The van der Waals surface area contributed by atoms with Gasteiger partial charge in [0.05, 0.1) is 11.8 Å². The Kier molecular flexibility index (Phi) is 9.32. The molecule has 244 valence electrons. The van der Waals surface area contributed by atoms with Crippen molar-refractivity contribution in [2.75, 3.05) is 6.61 Å². The fraction of sp³-hybridized carbons (Fsp3) is 0.806. The molecule has 4 fully saturated rings. The zero-order chi connectivity index (χ0) is 31.1. The van der Waals surface area contributed by atoms with Gasteiger partial charge in [-0.3, -0.25) is 9.59 Å². The molecule has 6 rings (SSSR count). The molecule has 0 aromatic carbocycles. The summed E-state index contributed by atoms with van der Waals surface area (Å²) in [7, 11) is 0. The first kappa shape index (κ1) is 31.8. The minimum absolute atomic E-state index is 0.00824. The quantitative estimate of drug-likeness (QED) is 0.126. The number of ether oxygens (including phenoxy) is 4. The monoisotopic (exact) mass is 611 g/mol. The zero-order valence-electron chi connectivity index (χ0n) is 27.4. The Hall–Kier alpha value is -2.19. The van der Waals surface area contributed by atoms with Gasteiger partial charge in [-0.1, -0.05) is 30.7 Å². The second kappa shape index (κ2) is 12.9. The fourth-order valence-corrected chi connectivity index (χ4v) is 10.2. The van der Waals surface area contributed by atoms with Gasteiger partial charge in [0.15, 0.2) is 6.29 Å². The lowest BCUT2D eigenvalue weighted by molar-refractivity contribution is -0.213. The van der Waals surface area contributed by atoms with Crippen molar-refractivity contribution in [3.8, 4) is 0 Å². The molecule has 8 heteroatoms. The van der Waals surface area contributed by atoms with Crippen LogP contribution in [0.15, 0.2) is 29.0 Å². The van der Waals surface area contributed by atoms with Crippen molar-refractivity contribution in [3.63, 3.8) is 0 Å². The summed E-state index contributed by atoms with van der Waals surface area (Å²) in [4.78, 5) is 29.0. The lowest BCUT2D eigenvalue weighted by atomic mass is 9.47. The minimum atomic E-state index is -0.610. The van der Waals surface area contributed by atoms with Crippen LogP contribution in [0.3, 0.4) is 0 Å². The molecule has 1 heterocycles. The third kappa shape index (κ3) is 6.27. The third-order valence-electron chi connectivity index (χ3n) is 12.4. The maximum Gasteiger partial charge on any atom is 0.303 e. The van der Waals surface area contributed by atoms with Crippen LogP contribution in [0.25, 0.3) is 0 Å². The van der Waals surface area contributed by atoms with Crippen molar-refractivity contribution in [1.82, 2.24) is 0 Å². The van der Waals surface area contributed by atoms with Gasteiger partial charge in [0.1, 0.15) is 24.9 Å². The molecule has 6 aliphatic rings. The first-order valence-corrected chi connectivity index (χ1v) is 17.3. The maximum atomic E-state index is 11.6. The number of nitrogens with zero attached hydrogens (tertiary/aromatic N) is 1. The number of esters is 2. The predicted octanol–water partition coefficient (Wildman–Crippen LogP) is 7.06. The van der Waals surface area contributed by atoms with Crippen molar-refractivity contribution in [2.45, 2.75) is 142 Å². The molecule has 0 spiro atoms. The van der Waals surface area contributed by atoms with Crippen LogP contribution in [0.2, 0.25) is 0 Å². The molecule has 0 aromatic heterocycles. The van der Waals surface area contributed by atoms with Gasteiger partial charge in [-0.05, 0) is 125 Å². The highest BCUT2D eigenvalue weighted by Crippen LogP contribution is 2.66. The number of carbonyl (C=O) groups excluding carboxylic acids is 2. The van der Waals surface area contributed by atoms with Crippen LogP contribution in [-0.4, -0.2) is 55.0 Å². The first-order chi connectivity index (χ1) is 21.1. The lowest BCUT2D eigenvalue weighted by Gasteiger charge is -2.58. The van der Waals surface area contributed by atoms with E-state index in [2.05, 4.69) is 26.8 Å². The van der Waals surface area contributed by atoms with Crippen LogP contribution < -0.4 is 0 Å². The predicted molar refractivity (Wildman–Crippen MR) is 167 cm³/mol. The highest BCUT2D eigenvalue weighted by atomic mass is 16.7. The van der Waals surface area contributed by atoms with Gasteiger partial charge in [-0.2, -0.15) is 0 Å². The Morgan fingerprint density at radius 2 is 1.73 bits per heavy atom. The highest BCUT2D eigenvalue weighted by Gasteiger charge is 2.59. The largest absolute Gasteiger partial charge is 0.463 e. The molecular weight excluding hydrogens is 558 g/mol. The SMILES string of the molecule is CC(=O)OC[C@H]1OC(O[C@H]2CC[C@@]3(C)C(=CC[C@H]4[C@@H]5CC[C@H](/C(C)=N/OC6CCCC6)[C@@]5(C)CC[C@@H]43)C2)C=C[C@@H]1OC(C)=O. The number of hydrogen-bond acceptors (Lipinski definition) is 8. The summed E-state index contributed by atoms with van der Waals surface area (Å²) in [6.07, 6.45) is 18.9. The number of rotatable bonds is 8. The second-order valence-corrected chi connectivity index (χ2v) is 15.0. The summed E-state index contributed by atoms with van der Waals surface area (Å²) in [5.41, 5.74) is 3.32. The van der Waals surface area contributed by atoms with Crippen LogP contribution in [-0.2, 0) is 33.4 Å². The third-order valence-corrected chi connectivity index (χ3v) is 12.4. The summed E-state index contributed by atoms with van der Waals surface area (Å²) >= 11 is 0. The molecule has 5 aliphatic carbocycles. The Morgan fingerprint density at radius 1 is 0.932 bits per heavy atom. The molecule has 0 bridgehead atoms. The molecule has 8 nitrogen and oxygen atoms in total. The summed E-state index contributed by atoms with van der Waals surface area (Å²) in [5, 5.41) is 4.74. The van der Waals surface area contributed by atoms with Crippen molar-refractivity contribution in [2.24, 2.45) is 39.7 Å². The normalized spacial score (nSPS) is 42.1. The van der Waals surface area contributed by atoms with Gasteiger partial charge in [0.2, 0.25) is 0 Å². The van der Waals surface area contributed by atoms with Crippen molar-refractivity contribution < 1.29 is 33.4 Å². The Balaban J connectivity index is 1.09. The summed E-state index contributed by atoms with van der Waals surface area (Å²) in [6.45, 7) is 10.0. The number of oxime groups is 1. The van der Waals surface area contributed by atoms with Gasteiger partial charge < -0.3 is 23.8 Å². The van der Waals surface area contributed by atoms with Gasteiger partial charge >= 0.3 is 11.9 Å². The van der Waals surface area contributed by atoms with E-state index in [1.54, 1.807) is 11.6 Å². The molecule has 0 aromatic rings. The highest BCUT2D eigenvalue weighted by molar-refractivity contribution is 5.85. The molecule has 1 aliphatic heterocycles. The standard InChI is InChI=1S/C36H53NO7/c1-22(37-44-26-8-6-7-9-26)29-12-13-30-28-11-10-25-20-27(16-18-35(25,4)31(28)17-19-36(29,30)5)42-34-15-14-32(41-24(3)39)33(43-34)21-40-23(2)38/h10,14-15,26-34H,6-9,11-13,16-21H2,1-5H3/b37-22+/t27-,28-,29+,30-,31-,32-,33+,34?,35-,36+/m0/s1. The summed E-state index contributed by atoms with van der Waals surface area (Å²) < 4.78 is 23.2. The Morgan fingerprint density at radius 3 is 2.48 bits per heavy atom. The van der Waals surface area contributed by atoms with Gasteiger partial charge in [-0.25, -0.2) is 0 Å². The van der Waals surface area contributed by atoms with Crippen molar-refractivity contribution >= 4 is 17.7 Å². The van der Waals surface area contributed by atoms with E-state index in [0.29, 0.717) is 17.4 Å². The molecule has 0 radical (unpaired) electrons. The average Bonchev–Trinajstić information content (AvgIpc) is 3.63. The fourth-order valence-electron chi connectivity index (χ4n) is 10.2. The van der Waals surface area contributed by atoms with E-state index in [4.69, 9.17) is 28.9 Å².